The first-order valence-corrected chi connectivity index (χ1v) is 9.57. The number of nitrogens with zero attached hydrogens (tertiary/aromatic N) is 2. The first kappa shape index (κ1) is 20.1. The van der Waals surface area contributed by atoms with Gasteiger partial charge in [-0.1, -0.05) is 18.2 Å². The molecule has 2 heterocycles. The highest BCUT2D eigenvalue weighted by Crippen LogP contribution is 2.30. The van der Waals surface area contributed by atoms with E-state index in [1.807, 2.05) is 30.3 Å². The van der Waals surface area contributed by atoms with Crippen molar-refractivity contribution in [3.8, 4) is 5.75 Å². The summed E-state index contributed by atoms with van der Waals surface area (Å²) in [6.45, 7) is 0.538. The fourth-order valence-electron chi connectivity index (χ4n) is 3.54. The van der Waals surface area contributed by atoms with Gasteiger partial charge in [0.15, 0.2) is 0 Å². The second-order valence-corrected chi connectivity index (χ2v) is 6.95. The Hall–Kier alpha value is -4.20. The van der Waals surface area contributed by atoms with E-state index in [2.05, 4.69) is 10.3 Å². The summed E-state index contributed by atoms with van der Waals surface area (Å²) in [5.41, 5.74) is 2.53. The van der Waals surface area contributed by atoms with E-state index in [-0.39, 0.29) is 5.56 Å². The van der Waals surface area contributed by atoms with Gasteiger partial charge in [-0.15, -0.1) is 0 Å². The minimum absolute atomic E-state index is 0.146. The van der Waals surface area contributed by atoms with Crippen molar-refractivity contribution >= 4 is 40.1 Å². The quantitative estimate of drug-likeness (QED) is 0.618. The molecule has 0 unspecified atom stereocenters. The number of fused-ring (bicyclic) bond motifs is 2. The van der Waals surface area contributed by atoms with Crippen molar-refractivity contribution in [2.24, 2.45) is 0 Å². The maximum atomic E-state index is 13.0. The topological polar surface area (TPSA) is 111 Å². The van der Waals surface area contributed by atoms with E-state index in [1.54, 1.807) is 29.9 Å². The Kier molecular flexibility index (Phi) is 5.36. The minimum atomic E-state index is -1.21. The van der Waals surface area contributed by atoms with Crippen molar-refractivity contribution in [1.82, 2.24) is 9.55 Å². The van der Waals surface area contributed by atoms with Gasteiger partial charge in [-0.25, -0.2) is 9.78 Å². The molecule has 1 aliphatic heterocycles. The molecular weight excluding hydrogens is 398 g/mol. The summed E-state index contributed by atoms with van der Waals surface area (Å²) < 4.78 is 7.06. The molecule has 31 heavy (non-hydrogen) atoms. The molecule has 1 amide bonds. The highest BCUT2D eigenvalue weighted by molar-refractivity contribution is 6.03. The third-order valence-electron chi connectivity index (χ3n) is 4.96. The molecule has 0 spiro atoms. The van der Waals surface area contributed by atoms with E-state index in [1.165, 1.54) is 0 Å². The summed E-state index contributed by atoms with van der Waals surface area (Å²) in [7, 11) is 1.61. The van der Waals surface area contributed by atoms with Crippen LogP contribution in [0, 0.1) is 0 Å². The lowest BCUT2D eigenvalue weighted by molar-refractivity contribution is -0.131. The van der Waals surface area contributed by atoms with E-state index in [0.29, 0.717) is 35.4 Å². The summed E-state index contributed by atoms with van der Waals surface area (Å²) in [4.78, 5) is 40.0. The van der Waals surface area contributed by atoms with E-state index >= 15 is 0 Å². The highest BCUT2D eigenvalue weighted by Gasteiger charge is 2.21. The number of carboxylic acids is 1. The number of allylic oxidation sites excluding steroid dienone is 1. The summed E-state index contributed by atoms with van der Waals surface area (Å²) in [6.07, 6.45) is 4.31. The molecule has 156 valence electrons. The number of para-hydroxylation sites is 1. The predicted octanol–water partition coefficient (Wildman–Crippen LogP) is 2.93. The zero-order valence-corrected chi connectivity index (χ0v) is 16.7. The number of aromatic nitrogens is 2. The van der Waals surface area contributed by atoms with Crippen molar-refractivity contribution in [1.29, 1.82) is 0 Å². The number of aliphatic carboxylic acids is 1. The van der Waals surface area contributed by atoms with Crippen LogP contribution < -0.4 is 15.6 Å². The van der Waals surface area contributed by atoms with Gasteiger partial charge in [0.2, 0.25) is 5.91 Å². The Balaban J connectivity index is 1.74. The lowest BCUT2D eigenvalue weighted by Gasteiger charge is -2.08. The van der Waals surface area contributed by atoms with Crippen molar-refractivity contribution < 1.29 is 19.4 Å². The summed E-state index contributed by atoms with van der Waals surface area (Å²) in [5, 5.41) is 11.6. The molecule has 0 atom stereocenters. The van der Waals surface area contributed by atoms with Gasteiger partial charge in [-0.05, 0) is 42.3 Å². The number of rotatable bonds is 5. The van der Waals surface area contributed by atoms with Gasteiger partial charge in [0.25, 0.3) is 5.56 Å². The number of carbonyl (C=O) groups is 2. The number of nitrogens with one attached hydrogen (secondary N) is 1. The van der Waals surface area contributed by atoms with Crippen LogP contribution in [0.4, 0.5) is 5.69 Å². The van der Waals surface area contributed by atoms with Gasteiger partial charge in [-0.3, -0.25) is 14.2 Å². The largest absolute Gasteiger partial charge is 0.496 e. The van der Waals surface area contributed by atoms with Crippen LogP contribution >= 0.6 is 0 Å². The molecular formula is C23H19N3O5. The number of amides is 1. The van der Waals surface area contributed by atoms with E-state index in [4.69, 9.17) is 9.84 Å². The summed E-state index contributed by atoms with van der Waals surface area (Å²) >= 11 is 0. The fourth-order valence-corrected chi connectivity index (χ4v) is 3.54. The van der Waals surface area contributed by atoms with Crippen LogP contribution in [0.3, 0.4) is 0 Å². The lowest BCUT2D eigenvalue weighted by atomic mass is 10.1. The summed E-state index contributed by atoms with van der Waals surface area (Å²) in [5.74, 6) is -0.488. The fraction of sp³-hybridized carbons (Fsp3) is 0.130. The molecule has 0 saturated heterocycles. The van der Waals surface area contributed by atoms with Crippen molar-refractivity contribution in [2.75, 3.05) is 12.4 Å². The molecule has 2 aromatic carbocycles. The van der Waals surface area contributed by atoms with Gasteiger partial charge < -0.3 is 15.2 Å². The molecule has 0 radical (unpaired) electrons. The first-order chi connectivity index (χ1) is 15.0. The van der Waals surface area contributed by atoms with Crippen LogP contribution in [0.2, 0.25) is 0 Å². The molecule has 1 aliphatic rings. The molecule has 0 aliphatic carbocycles. The third-order valence-corrected chi connectivity index (χ3v) is 4.96. The monoisotopic (exact) mass is 417 g/mol. The molecule has 1 aromatic heterocycles. The normalized spacial score (nSPS) is 14.2. The average molecular weight is 417 g/mol. The molecule has 4 rings (SSSR count). The van der Waals surface area contributed by atoms with Crippen LogP contribution in [-0.4, -0.2) is 33.6 Å². The molecule has 8 nitrogen and oxygen atoms in total. The van der Waals surface area contributed by atoms with E-state index < -0.39 is 11.9 Å². The van der Waals surface area contributed by atoms with Crippen molar-refractivity contribution in [3.63, 3.8) is 0 Å². The minimum Gasteiger partial charge on any atom is -0.496 e. The zero-order valence-electron chi connectivity index (χ0n) is 16.7. The predicted molar refractivity (Wildman–Crippen MR) is 117 cm³/mol. The molecule has 0 saturated carbocycles. The van der Waals surface area contributed by atoms with Gasteiger partial charge in [0, 0.05) is 29.9 Å². The Bertz CT molecular complexity index is 1320. The van der Waals surface area contributed by atoms with Crippen LogP contribution in [0.25, 0.3) is 22.6 Å². The second kappa shape index (κ2) is 8.27. The summed E-state index contributed by atoms with van der Waals surface area (Å²) in [6, 6.07) is 12.4. The van der Waals surface area contributed by atoms with Gasteiger partial charge >= 0.3 is 5.97 Å². The number of carbonyl (C=O) groups excluding carboxylic acids is 1. The van der Waals surface area contributed by atoms with Gasteiger partial charge in [-0.2, -0.15) is 0 Å². The third kappa shape index (κ3) is 4.09. The van der Waals surface area contributed by atoms with Crippen LogP contribution in [0.15, 0.2) is 59.4 Å². The Morgan fingerprint density at radius 2 is 2.00 bits per heavy atom. The number of anilines is 1. The number of hydrogen-bond donors (Lipinski definition) is 2. The molecule has 8 heteroatoms. The SMILES string of the molecule is COc1ccccc1/C=C1\CCn2c1nc1cc(NC(=O)/C=C/C(=O)O)ccc1c2=O. The number of benzene rings is 2. The molecule has 2 N–H and O–H groups in total. The number of methoxy groups -OCH3 is 1. The van der Waals surface area contributed by atoms with Crippen LogP contribution in [0.1, 0.15) is 17.8 Å². The van der Waals surface area contributed by atoms with Gasteiger partial charge in [0.1, 0.15) is 11.6 Å². The smallest absolute Gasteiger partial charge is 0.328 e. The Morgan fingerprint density at radius 3 is 2.77 bits per heavy atom. The standard InChI is InChI=1S/C23H19N3O5/c1-31-19-5-3-2-4-14(19)12-15-10-11-26-22(15)25-18-13-16(6-7-17(18)23(26)30)24-20(27)8-9-21(28)29/h2-9,12-13H,10-11H2,1H3,(H,24,27)(H,28,29)/b9-8+,15-12+. The van der Waals surface area contributed by atoms with Gasteiger partial charge in [0.05, 0.1) is 18.0 Å². The second-order valence-electron chi connectivity index (χ2n) is 6.95. The maximum Gasteiger partial charge on any atom is 0.328 e. The van der Waals surface area contributed by atoms with Crippen molar-refractivity contribution in [3.05, 3.63) is 76.4 Å². The van der Waals surface area contributed by atoms with Crippen LogP contribution in [0.5, 0.6) is 5.75 Å². The number of hydrogen-bond acceptors (Lipinski definition) is 5. The lowest BCUT2D eigenvalue weighted by Crippen LogP contribution is -2.21. The molecule has 0 fully saturated rings. The number of carboxylic acid groups (broad SMARTS) is 1. The molecule has 0 bridgehead atoms. The first-order valence-electron chi connectivity index (χ1n) is 9.57. The Morgan fingerprint density at radius 1 is 1.19 bits per heavy atom. The van der Waals surface area contributed by atoms with E-state index in [0.717, 1.165) is 29.0 Å². The maximum absolute atomic E-state index is 13.0. The molecule has 3 aromatic rings. The number of ether oxygens (including phenoxy) is 1. The average Bonchev–Trinajstić information content (AvgIpc) is 3.15. The van der Waals surface area contributed by atoms with Crippen molar-refractivity contribution in [2.45, 2.75) is 13.0 Å². The zero-order chi connectivity index (χ0) is 22.0. The van der Waals surface area contributed by atoms with E-state index in [9.17, 15) is 14.4 Å². The Labute approximate surface area is 177 Å². The van der Waals surface area contributed by atoms with Crippen LogP contribution in [-0.2, 0) is 16.1 Å². The highest BCUT2D eigenvalue weighted by atomic mass is 16.5.